The predicted molar refractivity (Wildman–Crippen MR) is 42.4 cm³/mol. The Labute approximate surface area is 67.3 Å². The van der Waals surface area contributed by atoms with Gasteiger partial charge in [0.1, 0.15) is 6.10 Å². The highest BCUT2D eigenvalue weighted by Gasteiger charge is 2.26. The summed E-state index contributed by atoms with van der Waals surface area (Å²) in [6.45, 7) is 5.65. The van der Waals surface area contributed by atoms with Crippen LogP contribution in [0.1, 0.15) is 26.7 Å². The van der Waals surface area contributed by atoms with Gasteiger partial charge < -0.3 is 9.64 Å². The van der Waals surface area contributed by atoms with Crippen LogP contribution in [-0.4, -0.2) is 30.2 Å². The molecule has 0 N–H and O–H groups in total. The molecule has 0 bridgehead atoms. The highest BCUT2D eigenvalue weighted by molar-refractivity contribution is 5.69. The SMILES string of the molecule is CCCCN1CC(C)OC1=O. The van der Waals surface area contributed by atoms with E-state index in [1.54, 1.807) is 4.90 Å². The highest BCUT2D eigenvalue weighted by Crippen LogP contribution is 2.10. The number of carbonyl (C=O) groups excluding carboxylic acids is 1. The van der Waals surface area contributed by atoms with Gasteiger partial charge in [-0.05, 0) is 13.3 Å². The zero-order valence-corrected chi connectivity index (χ0v) is 7.17. The molecule has 0 aromatic rings. The van der Waals surface area contributed by atoms with E-state index in [1.807, 2.05) is 6.92 Å². The highest BCUT2D eigenvalue weighted by atomic mass is 16.6. The lowest BCUT2D eigenvalue weighted by Gasteiger charge is -2.10. The molecule has 3 heteroatoms. The minimum Gasteiger partial charge on any atom is -0.445 e. The van der Waals surface area contributed by atoms with Crippen molar-refractivity contribution < 1.29 is 9.53 Å². The number of cyclic esters (lactones) is 1. The second-order valence-electron chi connectivity index (χ2n) is 2.99. The van der Waals surface area contributed by atoms with E-state index >= 15 is 0 Å². The van der Waals surface area contributed by atoms with Crippen LogP contribution in [-0.2, 0) is 4.74 Å². The van der Waals surface area contributed by atoms with Gasteiger partial charge in [0, 0.05) is 6.54 Å². The first-order chi connectivity index (χ1) is 5.24. The van der Waals surface area contributed by atoms with Gasteiger partial charge in [-0.3, -0.25) is 0 Å². The third-order valence-electron chi connectivity index (χ3n) is 1.82. The van der Waals surface area contributed by atoms with E-state index in [0.29, 0.717) is 0 Å². The lowest BCUT2D eigenvalue weighted by Crippen LogP contribution is -2.25. The molecular weight excluding hydrogens is 142 g/mol. The summed E-state index contributed by atoms with van der Waals surface area (Å²) >= 11 is 0. The van der Waals surface area contributed by atoms with Gasteiger partial charge in [-0.1, -0.05) is 13.3 Å². The zero-order chi connectivity index (χ0) is 8.27. The number of hydrogen-bond acceptors (Lipinski definition) is 2. The van der Waals surface area contributed by atoms with Crippen LogP contribution >= 0.6 is 0 Å². The number of rotatable bonds is 3. The van der Waals surface area contributed by atoms with E-state index in [1.165, 1.54) is 0 Å². The molecule has 0 aromatic heterocycles. The molecule has 0 aromatic carbocycles. The Hall–Kier alpha value is -0.730. The van der Waals surface area contributed by atoms with E-state index in [-0.39, 0.29) is 12.2 Å². The van der Waals surface area contributed by atoms with Gasteiger partial charge in [-0.2, -0.15) is 0 Å². The maximum atomic E-state index is 11.0. The van der Waals surface area contributed by atoms with E-state index < -0.39 is 0 Å². The van der Waals surface area contributed by atoms with Crippen molar-refractivity contribution in [3.05, 3.63) is 0 Å². The lowest BCUT2D eigenvalue weighted by atomic mass is 10.3. The first-order valence-electron chi connectivity index (χ1n) is 4.19. The molecule has 11 heavy (non-hydrogen) atoms. The van der Waals surface area contributed by atoms with Gasteiger partial charge in [0.25, 0.3) is 0 Å². The summed E-state index contributed by atoms with van der Waals surface area (Å²) in [5.74, 6) is 0. The quantitative estimate of drug-likeness (QED) is 0.623. The molecule has 1 amide bonds. The minimum absolute atomic E-state index is 0.0827. The molecule has 1 fully saturated rings. The zero-order valence-electron chi connectivity index (χ0n) is 7.17. The Bertz CT molecular complexity index is 147. The average Bonchev–Trinajstić information content (AvgIpc) is 2.26. The maximum absolute atomic E-state index is 11.0. The molecule has 1 unspecified atom stereocenters. The summed E-state index contributed by atoms with van der Waals surface area (Å²) in [6, 6.07) is 0. The van der Waals surface area contributed by atoms with Gasteiger partial charge in [0.15, 0.2) is 0 Å². The molecule has 0 radical (unpaired) electrons. The molecule has 64 valence electrons. The molecule has 1 rings (SSSR count). The number of hydrogen-bond donors (Lipinski definition) is 0. The first-order valence-corrected chi connectivity index (χ1v) is 4.19. The summed E-state index contributed by atoms with van der Waals surface area (Å²) in [7, 11) is 0. The lowest BCUT2D eigenvalue weighted by molar-refractivity contribution is 0.138. The van der Waals surface area contributed by atoms with Crippen molar-refractivity contribution in [1.82, 2.24) is 4.90 Å². The molecule has 0 spiro atoms. The van der Waals surface area contributed by atoms with Crippen molar-refractivity contribution >= 4 is 6.09 Å². The Morgan fingerprint density at radius 1 is 1.73 bits per heavy atom. The summed E-state index contributed by atoms with van der Waals surface area (Å²) in [5.41, 5.74) is 0. The third kappa shape index (κ3) is 2.10. The Morgan fingerprint density at radius 3 is 2.91 bits per heavy atom. The van der Waals surface area contributed by atoms with E-state index in [0.717, 1.165) is 25.9 Å². The standard InChI is InChI=1S/C8H15NO2/c1-3-4-5-9-6-7(2)11-8(9)10/h7H,3-6H2,1-2H3. The van der Waals surface area contributed by atoms with Gasteiger partial charge in [0.2, 0.25) is 0 Å². The predicted octanol–water partition coefficient (Wildman–Crippen LogP) is 1.63. The summed E-state index contributed by atoms with van der Waals surface area (Å²) in [5, 5.41) is 0. The summed E-state index contributed by atoms with van der Waals surface area (Å²) in [4.78, 5) is 12.8. The van der Waals surface area contributed by atoms with Crippen molar-refractivity contribution in [3.63, 3.8) is 0 Å². The monoisotopic (exact) mass is 157 g/mol. The van der Waals surface area contributed by atoms with Crippen LogP contribution in [0.15, 0.2) is 0 Å². The largest absolute Gasteiger partial charge is 0.445 e. The molecule has 0 aliphatic carbocycles. The topological polar surface area (TPSA) is 29.5 Å². The Morgan fingerprint density at radius 2 is 2.45 bits per heavy atom. The van der Waals surface area contributed by atoms with Gasteiger partial charge >= 0.3 is 6.09 Å². The van der Waals surface area contributed by atoms with E-state index in [4.69, 9.17) is 4.74 Å². The van der Waals surface area contributed by atoms with Crippen LogP contribution in [0.3, 0.4) is 0 Å². The second kappa shape index (κ2) is 3.60. The molecule has 1 aliphatic rings. The summed E-state index contributed by atoms with van der Waals surface area (Å²) < 4.78 is 4.96. The molecule has 1 heterocycles. The van der Waals surface area contributed by atoms with Crippen molar-refractivity contribution in [2.75, 3.05) is 13.1 Å². The van der Waals surface area contributed by atoms with Crippen molar-refractivity contribution in [3.8, 4) is 0 Å². The number of ether oxygens (including phenoxy) is 1. The number of unbranched alkanes of at least 4 members (excludes halogenated alkanes) is 1. The summed E-state index contributed by atoms with van der Waals surface area (Å²) in [6.07, 6.45) is 2.13. The van der Waals surface area contributed by atoms with Crippen LogP contribution in [0.25, 0.3) is 0 Å². The molecule has 3 nitrogen and oxygen atoms in total. The van der Waals surface area contributed by atoms with Crippen molar-refractivity contribution in [2.45, 2.75) is 32.8 Å². The Kier molecular flexibility index (Phi) is 2.74. The smallest absolute Gasteiger partial charge is 0.410 e. The van der Waals surface area contributed by atoms with Crippen molar-refractivity contribution in [2.24, 2.45) is 0 Å². The van der Waals surface area contributed by atoms with Crippen LogP contribution < -0.4 is 0 Å². The maximum Gasteiger partial charge on any atom is 0.410 e. The number of amides is 1. The fourth-order valence-corrected chi connectivity index (χ4v) is 1.20. The van der Waals surface area contributed by atoms with Crippen LogP contribution in [0, 0.1) is 0 Å². The fraction of sp³-hybridized carbons (Fsp3) is 0.875. The van der Waals surface area contributed by atoms with E-state index in [9.17, 15) is 4.79 Å². The van der Waals surface area contributed by atoms with Crippen molar-refractivity contribution in [1.29, 1.82) is 0 Å². The molecule has 1 aliphatic heterocycles. The van der Waals surface area contributed by atoms with Crippen LogP contribution in [0.2, 0.25) is 0 Å². The van der Waals surface area contributed by atoms with E-state index in [2.05, 4.69) is 6.92 Å². The molecular formula is C8H15NO2. The van der Waals surface area contributed by atoms with Crippen LogP contribution in [0.5, 0.6) is 0 Å². The average molecular weight is 157 g/mol. The minimum atomic E-state index is -0.147. The number of nitrogens with zero attached hydrogens (tertiary/aromatic N) is 1. The van der Waals surface area contributed by atoms with Gasteiger partial charge in [-0.15, -0.1) is 0 Å². The third-order valence-corrected chi connectivity index (χ3v) is 1.82. The molecule has 0 saturated carbocycles. The molecule has 1 atom stereocenters. The molecule has 1 saturated heterocycles. The second-order valence-corrected chi connectivity index (χ2v) is 2.99. The van der Waals surface area contributed by atoms with Gasteiger partial charge in [-0.25, -0.2) is 4.79 Å². The number of carbonyl (C=O) groups is 1. The van der Waals surface area contributed by atoms with Gasteiger partial charge in [0.05, 0.1) is 6.54 Å². The normalized spacial score (nSPS) is 24.0. The van der Waals surface area contributed by atoms with Crippen LogP contribution in [0.4, 0.5) is 4.79 Å². The Balaban J connectivity index is 2.29. The fourth-order valence-electron chi connectivity index (χ4n) is 1.20. The first kappa shape index (κ1) is 8.37.